The van der Waals surface area contributed by atoms with Crippen molar-refractivity contribution in [1.29, 1.82) is 0 Å². The van der Waals surface area contributed by atoms with Crippen LogP contribution in [-0.4, -0.2) is 19.5 Å². The minimum absolute atomic E-state index is 0.402. The third kappa shape index (κ3) is 4.98. The fraction of sp³-hybridized carbons (Fsp3) is 0.333. The normalized spacial score (nSPS) is 14.4. The molecule has 0 fully saturated rings. The van der Waals surface area contributed by atoms with Gasteiger partial charge in [0.1, 0.15) is 5.75 Å². The van der Waals surface area contributed by atoms with Crippen LogP contribution in [-0.2, 0) is 6.42 Å². The van der Waals surface area contributed by atoms with Crippen LogP contribution in [0.1, 0.15) is 17.2 Å². The van der Waals surface area contributed by atoms with Crippen LogP contribution in [0.4, 0.5) is 0 Å². The molecule has 0 aliphatic carbocycles. The first kappa shape index (κ1) is 16.7. The van der Waals surface area contributed by atoms with Crippen molar-refractivity contribution in [1.82, 2.24) is 0 Å². The Hall–Kier alpha value is -1.62. The first-order chi connectivity index (χ1) is 10.3. The number of hydrogen-bond donors (Lipinski definition) is 2. The van der Waals surface area contributed by atoms with E-state index in [9.17, 15) is 5.11 Å². The number of hydrogen-bond acceptors (Lipinski definition) is 3. The van der Waals surface area contributed by atoms with Crippen LogP contribution in [0.2, 0.25) is 19.6 Å². The Morgan fingerprint density at radius 3 is 2.14 bits per heavy atom. The van der Waals surface area contributed by atoms with E-state index in [1.807, 2.05) is 54.6 Å². The molecule has 0 radical (unpaired) electrons. The number of nitrogens with two attached hydrogens (primary N) is 1. The summed E-state index contributed by atoms with van der Waals surface area (Å²) in [5.41, 5.74) is 8.19. The molecule has 0 aliphatic rings. The molecule has 2 aromatic carbocycles. The van der Waals surface area contributed by atoms with Gasteiger partial charge in [0.15, 0.2) is 0 Å². The van der Waals surface area contributed by atoms with Crippen molar-refractivity contribution in [2.45, 2.75) is 38.2 Å². The lowest BCUT2D eigenvalue weighted by Gasteiger charge is -2.22. The lowest BCUT2D eigenvalue weighted by atomic mass is 9.97. The molecule has 2 aromatic rings. The van der Waals surface area contributed by atoms with Crippen LogP contribution in [0.15, 0.2) is 54.6 Å². The van der Waals surface area contributed by atoms with Gasteiger partial charge in [0.05, 0.1) is 12.1 Å². The van der Waals surface area contributed by atoms with Crippen molar-refractivity contribution in [3.8, 4) is 5.75 Å². The van der Waals surface area contributed by atoms with Crippen molar-refractivity contribution in [3.05, 3.63) is 65.7 Å². The van der Waals surface area contributed by atoms with Crippen molar-refractivity contribution >= 4 is 8.32 Å². The van der Waals surface area contributed by atoms with Gasteiger partial charge in [0.2, 0.25) is 8.32 Å². The molecule has 0 bridgehead atoms. The van der Waals surface area contributed by atoms with E-state index >= 15 is 0 Å². The average molecular weight is 315 g/mol. The maximum atomic E-state index is 10.3. The van der Waals surface area contributed by atoms with Gasteiger partial charge >= 0.3 is 0 Å². The van der Waals surface area contributed by atoms with Crippen LogP contribution >= 0.6 is 0 Å². The van der Waals surface area contributed by atoms with Crippen molar-refractivity contribution < 1.29 is 9.53 Å². The second-order valence-corrected chi connectivity index (χ2v) is 11.0. The van der Waals surface area contributed by atoms with Gasteiger partial charge < -0.3 is 15.3 Å². The predicted octanol–water partition coefficient (Wildman–Crippen LogP) is 3.50. The molecular formula is C18H25NO2Si. The van der Waals surface area contributed by atoms with Gasteiger partial charge in [-0.2, -0.15) is 0 Å². The van der Waals surface area contributed by atoms with E-state index in [0.717, 1.165) is 16.9 Å². The highest BCUT2D eigenvalue weighted by atomic mass is 28.4. The van der Waals surface area contributed by atoms with Gasteiger partial charge in [-0.3, -0.25) is 0 Å². The Morgan fingerprint density at radius 2 is 1.59 bits per heavy atom. The molecule has 0 spiro atoms. The van der Waals surface area contributed by atoms with Crippen LogP contribution in [0.5, 0.6) is 5.75 Å². The molecule has 0 amide bonds. The van der Waals surface area contributed by atoms with Gasteiger partial charge in [-0.25, -0.2) is 0 Å². The van der Waals surface area contributed by atoms with Gasteiger partial charge in [-0.15, -0.1) is 0 Å². The third-order valence-electron chi connectivity index (χ3n) is 3.39. The molecule has 2 rings (SSSR count). The summed E-state index contributed by atoms with van der Waals surface area (Å²) in [4.78, 5) is 0. The molecule has 0 saturated heterocycles. The van der Waals surface area contributed by atoms with Crippen LogP contribution < -0.4 is 10.2 Å². The molecule has 0 aromatic heterocycles. The molecular weight excluding hydrogens is 290 g/mol. The number of rotatable bonds is 6. The monoisotopic (exact) mass is 315 g/mol. The summed E-state index contributed by atoms with van der Waals surface area (Å²) >= 11 is 0. The van der Waals surface area contributed by atoms with E-state index in [4.69, 9.17) is 10.2 Å². The van der Waals surface area contributed by atoms with E-state index in [1.54, 1.807) is 0 Å². The summed E-state index contributed by atoms with van der Waals surface area (Å²) in [5.74, 6) is 0.868. The van der Waals surface area contributed by atoms with E-state index in [1.165, 1.54) is 0 Å². The largest absolute Gasteiger partial charge is 0.544 e. The highest BCUT2D eigenvalue weighted by Crippen LogP contribution is 2.22. The van der Waals surface area contributed by atoms with Crippen molar-refractivity contribution in [2.24, 2.45) is 5.73 Å². The van der Waals surface area contributed by atoms with Crippen LogP contribution in [0.3, 0.4) is 0 Å². The molecule has 3 nitrogen and oxygen atoms in total. The van der Waals surface area contributed by atoms with E-state index in [2.05, 4.69) is 19.6 Å². The summed E-state index contributed by atoms with van der Waals surface area (Å²) in [6.07, 6.45) is -0.0547. The van der Waals surface area contributed by atoms with Gasteiger partial charge in [0, 0.05) is 6.42 Å². The molecule has 0 heterocycles. The number of benzene rings is 2. The fourth-order valence-electron chi connectivity index (χ4n) is 2.32. The molecule has 0 unspecified atom stereocenters. The van der Waals surface area contributed by atoms with Crippen molar-refractivity contribution in [3.63, 3.8) is 0 Å². The Morgan fingerprint density at radius 1 is 1.00 bits per heavy atom. The molecule has 4 heteroatoms. The van der Waals surface area contributed by atoms with Crippen LogP contribution in [0, 0.1) is 0 Å². The molecule has 0 aliphatic heterocycles. The fourth-order valence-corrected chi connectivity index (χ4v) is 3.16. The zero-order valence-electron chi connectivity index (χ0n) is 13.5. The zero-order valence-corrected chi connectivity index (χ0v) is 14.5. The molecule has 3 N–H and O–H groups in total. The molecule has 2 atom stereocenters. The maximum absolute atomic E-state index is 10.3. The summed E-state index contributed by atoms with van der Waals surface area (Å²) in [5, 5.41) is 10.3. The first-order valence-corrected chi connectivity index (χ1v) is 11.0. The minimum Gasteiger partial charge on any atom is -0.544 e. The Kier molecular flexibility index (Phi) is 5.40. The summed E-state index contributed by atoms with van der Waals surface area (Å²) < 4.78 is 5.93. The molecule has 0 saturated carbocycles. The second-order valence-electron chi connectivity index (χ2n) is 6.57. The van der Waals surface area contributed by atoms with Gasteiger partial charge in [0.25, 0.3) is 0 Å². The summed E-state index contributed by atoms with van der Waals surface area (Å²) in [7, 11) is -1.60. The maximum Gasteiger partial charge on any atom is 0.242 e. The Labute approximate surface area is 133 Å². The van der Waals surface area contributed by atoms with Gasteiger partial charge in [-0.1, -0.05) is 42.5 Å². The predicted molar refractivity (Wildman–Crippen MR) is 93.5 cm³/mol. The van der Waals surface area contributed by atoms with E-state index in [0.29, 0.717) is 6.42 Å². The van der Waals surface area contributed by atoms with Crippen LogP contribution in [0.25, 0.3) is 0 Å². The smallest absolute Gasteiger partial charge is 0.242 e. The second kappa shape index (κ2) is 7.09. The zero-order chi connectivity index (χ0) is 16.2. The highest BCUT2D eigenvalue weighted by molar-refractivity contribution is 6.70. The van der Waals surface area contributed by atoms with Crippen molar-refractivity contribution in [2.75, 3.05) is 0 Å². The highest BCUT2D eigenvalue weighted by Gasteiger charge is 2.19. The SMILES string of the molecule is C[Si](C)(C)Oc1ccc([C@@H](N)[C@@H](O)Cc2ccccc2)cc1. The Balaban J connectivity index is 2.01. The topological polar surface area (TPSA) is 55.5 Å². The number of aliphatic hydroxyl groups is 1. The average Bonchev–Trinajstić information content (AvgIpc) is 2.46. The lowest BCUT2D eigenvalue weighted by Crippen LogP contribution is -2.29. The summed E-state index contributed by atoms with van der Waals surface area (Å²) in [6.45, 7) is 6.45. The molecule has 118 valence electrons. The summed E-state index contributed by atoms with van der Waals surface area (Å²) in [6, 6.07) is 17.2. The van der Waals surface area contributed by atoms with E-state index < -0.39 is 20.5 Å². The quantitative estimate of drug-likeness (QED) is 0.802. The molecule has 22 heavy (non-hydrogen) atoms. The lowest BCUT2D eigenvalue weighted by molar-refractivity contribution is 0.145. The minimum atomic E-state index is -1.60. The third-order valence-corrected chi connectivity index (χ3v) is 4.24. The number of aliphatic hydroxyl groups excluding tert-OH is 1. The first-order valence-electron chi connectivity index (χ1n) is 7.62. The van der Waals surface area contributed by atoms with E-state index in [-0.39, 0.29) is 0 Å². The van der Waals surface area contributed by atoms with Gasteiger partial charge in [-0.05, 0) is 42.9 Å². The standard InChI is InChI=1S/C18H25NO2Si/c1-22(2,3)21-16-11-9-15(10-12-16)18(19)17(20)13-14-7-5-4-6-8-14/h4-12,17-18,20H,13,19H2,1-3H3/t17-,18+/m0/s1. The Bertz CT molecular complexity index is 578.